The number of nitrogens with one attached hydrogen (secondary N) is 1. The van der Waals surface area contributed by atoms with E-state index in [1.807, 2.05) is 12.1 Å². The van der Waals surface area contributed by atoms with Gasteiger partial charge in [-0.2, -0.15) is 0 Å². The number of aryl methyl sites for hydroxylation is 1. The van der Waals surface area contributed by atoms with Crippen molar-refractivity contribution in [2.45, 2.75) is 13.3 Å². The molecule has 2 aliphatic rings. The van der Waals surface area contributed by atoms with Crippen molar-refractivity contribution in [2.24, 2.45) is 0 Å². The lowest BCUT2D eigenvalue weighted by molar-refractivity contribution is -0.120. The van der Waals surface area contributed by atoms with Gasteiger partial charge in [-0.25, -0.2) is 4.90 Å². The first-order chi connectivity index (χ1) is 15.5. The lowest BCUT2D eigenvalue weighted by Gasteiger charge is -2.16. The molecule has 160 valence electrons. The Morgan fingerprint density at radius 3 is 2.34 bits per heavy atom. The van der Waals surface area contributed by atoms with Gasteiger partial charge in [0.05, 0.1) is 11.3 Å². The Morgan fingerprint density at radius 2 is 1.62 bits per heavy atom. The maximum Gasteiger partial charge on any atom is 0.282 e. The van der Waals surface area contributed by atoms with E-state index < -0.39 is 11.8 Å². The monoisotopic (exact) mass is 446 g/mol. The van der Waals surface area contributed by atoms with Crippen molar-refractivity contribution >= 4 is 40.4 Å². The molecular formula is C25H19ClN2O4. The van der Waals surface area contributed by atoms with E-state index in [1.54, 1.807) is 54.6 Å². The van der Waals surface area contributed by atoms with Crippen LogP contribution in [0, 0.1) is 0 Å². The van der Waals surface area contributed by atoms with Crippen LogP contribution in [0.5, 0.6) is 11.5 Å². The largest absolute Gasteiger partial charge is 0.454 e. The normalized spacial score (nSPS) is 15.0. The van der Waals surface area contributed by atoms with E-state index in [9.17, 15) is 9.59 Å². The molecule has 0 bridgehead atoms. The second-order valence-electron chi connectivity index (χ2n) is 7.42. The predicted molar refractivity (Wildman–Crippen MR) is 123 cm³/mol. The summed E-state index contributed by atoms with van der Waals surface area (Å²) >= 11 is 6.04. The summed E-state index contributed by atoms with van der Waals surface area (Å²) in [6, 6.07) is 19.5. The van der Waals surface area contributed by atoms with E-state index in [0.717, 1.165) is 12.0 Å². The fraction of sp³-hybridized carbons (Fsp3) is 0.120. The number of carbonyl (C=O) groups is 2. The molecule has 6 nitrogen and oxygen atoms in total. The third-order valence-electron chi connectivity index (χ3n) is 5.46. The number of hydrogen-bond acceptors (Lipinski definition) is 5. The zero-order valence-electron chi connectivity index (χ0n) is 17.2. The van der Waals surface area contributed by atoms with Crippen molar-refractivity contribution in [3.63, 3.8) is 0 Å². The van der Waals surface area contributed by atoms with E-state index >= 15 is 0 Å². The molecule has 2 heterocycles. The van der Waals surface area contributed by atoms with Gasteiger partial charge in [-0.1, -0.05) is 42.8 Å². The third-order valence-corrected chi connectivity index (χ3v) is 5.71. The average Bonchev–Trinajstić information content (AvgIpc) is 3.37. The molecule has 0 aromatic heterocycles. The summed E-state index contributed by atoms with van der Waals surface area (Å²) in [5.41, 5.74) is 3.33. The number of amides is 2. The summed E-state index contributed by atoms with van der Waals surface area (Å²) in [4.78, 5) is 28.1. The summed E-state index contributed by atoms with van der Waals surface area (Å²) in [7, 11) is 0. The second kappa shape index (κ2) is 8.05. The van der Waals surface area contributed by atoms with Crippen molar-refractivity contribution < 1.29 is 19.1 Å². The lowest BCUT2D eigenvalue weighted by Crippen LogP contribution is -2.32. The quantitative estimate of drug-likeness (QED) is 0.557. The fourth-order valence-electron chi connectivity index (χ4n) is 3.76. The smallest absolute Gasteiger partial charge is 0.282 e. The Hall–Kier alpha value is -3.77. The summed E-state index contributed by atoms with van der Waals surface area (Å²) in [6.07, 6.45) is 0.868. The van der Waals surface area contributed by atoms with Crippen molar-refractivity contribution in [3.05, 3.63) is 88.6 Å². The Balaban J connectivity index is 1.57. The lowest BCUT2D eigenvalue weighted by atomic mass is 10.0. The topological polar surface area (TPSA) is 67.9 Å². The third kappa shape index (κ3) is 3.48. The van der Waals surface area contributed by atoms with Crippen LogP contribution in [0.25, 0.3) is 5.57 Å². The fourth-order valence-corrected chi connectivity index (χ4v) is 3.89. The van der Waals surface area contributed by atoms with Gasteiger partial charge in [0.1, 0.15) is 5.70 Å². The summed E-state index contributed by atoms with van der Waals surface area (Å²) in [6.45, 7) is 2.20. The first-order valence-corrected chi connectivity index (χ1v) is 10.6. The van der Waals surface area contributed by atoms with Crippen LogP contribution >= 0.6 is 11.6 Å². The SMILES string of the molecule is CCc1ccc(N2C(=O)C(Nc3ccc4c(c3)OCO4)=C(c3ccc(Cl)cc3)C2=O)cc1. The molecule has 3 aromatic rings. The molecule has 0 saturated heterocycles. The Labute approximate surface area is 190 Å². The number of ether oxygens (including phenoxy) is 2. The molecule has 32 heavy (non-hydrogen) atoms. The molecule has 0 fully saturated rings. The molecule has 5 rings (SSSR count). The number of rotatable bonds is 5. The molecular weight excluding hydrogens is 428 g/mol. The molecule has 0 radical (unpaired) electrons. The molecule has 0 saturated carbocycles. The first-order valence-electron chi connectivity index (χ1n) is 10.2. The van der Waals surface area contributed by atoms with Gasteiger partial charge in [-0.3, -0.25) is 9.59 Å². The maximum atomic E-state index is 13.5. The van der Waals surface area contributed by atoms with Crippen molar-refractivity contribution in [2.75, 3.05) is 17.0 Å². The molecule has 1 N–H and O–H groups in total. The number of nitrogens with zero attached hydrogens (tertiary/aromatic N) is 1. The van der Waals surface area contributed by atoms with Crippen LogP contribution in [-0.2, 0) is 16.0 Å². The number of anilines is 2. The molecule has 0 atom stereocenters. The van der Waals surface area contributed by atoms with Gasteiger partial charge >= 0.3 is 0 Å². The zero-order valence-corrected chi connectivity index (χ0v) is 18.0. The van der Waals surface area contributed by atoms with E-state index in [1.165, 1.54) is 4.90 Å². The van der Waals surface area contributed by atoms with Crippen LogP contribution < -0.4 is 19.7 Å². The van der Waals surface area contributed by atoms with Crippen molar-refractivity contribution in [3.8, 4) is 11.5 Å². The Kier molecular flexibility index (Phi) is 5.07. The summed E-state index contributed by atoms with van der Waals surface area (Å²) < 4.78 is 10.8. The molecule has 0 aliphatic carbocycles. The van der Waals surface area contributed by atoms with Crippen LogP contribution in [0.1, 0.15) is 18.1 Å². The highest BCUT2D eigenvalue weighted by Gasteiger charge is 2.40. The number of fused-ring (bicyclic) bond motifs is 1. The Morgan fingerprint density at radius 1 is 0.906 bits per heavy atom. The highest BCUT2D eigenvalue weighted by molar-refractivity contribution is 6.46. The maximum absolute atomic E-state index is 13.5. The zero-order chi connectivity index (χ0) is 22.2. The standard InChI is InChI=1S/C25H19ClN2O4/c1-2-15-3-10-19(11-4-15)28-24(29)22(16-5-7-17(26)8-6-16)23(25(28)30)27-18-9-12-20-21(13-18)32-14-31-20/h3-13,27H,2,14H2,1H3. The number of halogens is 1. The molecule has 0 unspecified atom stereocenters. The molecule has 2 aliphatic heterocycles. The van der Waals surface area contributed by atoms with E-state index in [4.69, 9.17) is 21.1 Å². The van der Waals surface area contributed by atoms with Gasteiger partial charge in [-0.15, -0.1) is 0 Å². The van der Waals surface area contributed by atoms with Crippen molar-refractivity contribution in [1.82, 2.24) is 0 Å². The molecule has 2 amide bonds. The van der Waals surface area contributed by atoms with Crippen molar-refractivity contribution in [1.29, 1.82) is 0 Å². The Bertz CT molecular complexity index is 1250. The summed E-state index contributed by atoms with van der Waals surface area (Å²) in [5, 5.41) is 3.68. The van der Waals surface area contributed by atoms with Crippen LogP contribution in [-0.4, -0.2) is 18.6 Å². The molecule has 7 heteroatoms. The van der Waals surface area contributed by atoms with Crippen LogP contribution in [0.2, 0.25) is 5.02 Å². The molecule has 3 aromatic carbocycles. The second-order valence-corrected chi connectivity index (χ2v) is 7.85. The van der Waals surface area contributed by atoms with Gasteiger partial charge < -0.3 is 14.8 Å². The van der Waals surface area contributed by atoms with Gasteiger partial charge in [0, 0.05) is 16.8 Å². The van der Waals surface area contributed by atoms with Crippen LogP contribution in [0.4, 0.5) is 11.4 Å². The average molecular weight is 447 g/mol. The van der Waals surface area contributed by atoms with Gasteiger partial charge in [0.15, 0.2) is 11.5 Å². The predicted octanol–water partition coefficient (Wildman–Crippen LogP) is 5.03. The van der Waals surface area contributed by atoms with Crippen LogP contribution in [0.15, 0.2) is 72.4 Å². The van der Waals surface area contributed by atoms with Gasteiger partial charge in [0.25, 0.3) is 11.8 Å². The highest BCUT2D eigenvalue weighted by atomic mass is 35.5. The number of carbonyl (C=O) groups excluding carboxylic acids is 2. The van der Waals surface area contributed by atoms with E-state index in [-0.39, 0.29) is 18.1 Å². The minimum Gasteiger partial charge on any atom is -0.454 e. The number of benzene rings is 3. The number of imide groups is 1. The van der Waals surface area contributed by atoms with E-state index in [2.05, 4.69) is 12.2 Å². The van der Waals surface area contributed by atoms with E-state index in [0.29, 0.717) is 33.5 Å². The highest BCUT2D eigenvalue weighted by Crippen LogP contribution is 2.37. The minimum absolute atomic E-state index is 0.149. The van der Waals surface area contributed by atoms with Crippen LogP contribution in [0.3, 0.4) is 0 Å². The number of hydrogen-bond donors (Lipinski definition) is 1. The van der Waals surface area contributed by atoms with Gasteiger partial charge in [-0.05, 0) is 53.9 Å². The van der Waals surface area contributed by atoms with Gasteiger partial charge in [0.2, 0.25) is 6.79 Å². The first kappa shape index (κ1) is 20.2. The molecule has 0 spiro atoms. The summed E-state index contributed by atoms with van der Waals surface area (Å²) in [5.74, 6) is 0.382. The minimum atomic E-state index is -0.429.